The maximum absolute atomic E-state index is 5.32. The normalized spacial score (nSPS) is 10.5. The molecule has 2 heterocycles. The Balaban J connectivity index is 1.93. The topological polar surface area (TPSA) is 103 Å². The third-order valence-electron chi connectivity index (χ3n) is 1.74. The van der Waals surface area contributed by atoms with Gasteiger partial charge in [-0.15, -0.1) is 5.10 Å². The molecule has 0 saturated heterocycles. The molecule has 0 spiro atoms. The average Bonchev–Trinajstić information content (AvgIpc) is 2.83. The van der Waals surface area contributed by atoms with Crippen molar-refractivity contribution in [3.63, 3.8) is 0 Å². The Morgan fingerprint density at radius 1 is 1.47 bits per heavy atom. The van der Waals surface area contributed by atoms with E-state index in [-0.39, 0.29) is 6.54 Å². The quantitative estimate of drug-likeness (QED) is 0.752. The highest BCUT2D eigenvalue weighted by Crippen LogP contribution is 2.07. The van der Waals surface area contributed by atoms with Crippen LogP contribution in [0.4, 0.5) is 6.01 Å². The summed E-state index contributed by atoms with van der Waals surface area (Å²) >= 11 is 0. The number of aromatic nitrogens is 3. The van der Waals surface area contributed by atoms with Gasteiger partial charge in [0.25, 0.3) is 0 Å². The fourth-order valence-corrected chi connectivity index (χ4v) is 1.07. The second kappa shape index (κ2) is 4.09. The van der Waals surface area contributed by atoms with Gasteiger partial charge in [-0.1, -0.05) is 10.3 Å². The zero-order valence-corrected chi connectivity index (χ0v) is 8.23. The molecule has 0 aromatic carbocycles. The summed E-state index contributed by atoms with van der Waals surface area (Å²) in [7, 11) is 0. The van der Waals surface area contributed by atoms with Crippen LogP contribution in [0.3, 0.4) is 0 Å². The highest BCUT2D eigenvalue weighted by atomic mass is 16.5. The van der Waals surface area contributed by atoms with Crippen molar-refractivity contribution in [2.24, 2.45) is 5.73 Å². The van der Waals surface area contributed by atoms with E-state index in [4.69, 9.17) is 14.7 Å². The number of aryl methyl sites for hydroxylation is 1. The summed E-state index contributed by atoms with van der Waals surface area (Å²) in [6.45, 7) is 2.54. The Labute approximate surface area is 85.6 Å². The number of rotatable bonds is 4. The van der Waals surface area contributed by atoms with Crippen LogP contribution in [0, 0.1) is 6.92 Å². The number of anilines is 1. The largest absolute Gasteiger partial charge is 0.407 e. The minimum atomic E-state index is 0.234. The standard InChI is InChI=1S/C8H11N5O2/c1-5-2-6(13-15-5)4-10-8-12-11-7(3-9)14-8/h2H,3-4,9H2,1H3,(H,10,12). The van der Waals surface area contributed by atoms with Gasteiger partial charge in [0, 0.05) is 6.07 Å². The molecule has 0 bridgehead atoms. The molecule has 2 rings (SSSR count). The Bertz CT molecular complexity index is 436. The van der Waals surface area contributed by atoms with Gasteiger partial charge in [0.15, 0.2) is 0 Å². The van der Waals surface area contributed by atoms with E-state index < -0.39 is 0 Å². The molecule has 15 heavy (non-hydrogen) atoms. The number of nitrogens with zero attached hydrogens (tertiary/aromatic N) is 3. The molecule has 0 atom stereocenters. The lowest BCUT2D eigenvalue weighted by atomic mass is 10.4. The molecule has 3 N–H and O–H groups in total. The van der Waals surface area contributed by atoms with Crippen LogP contribution in [0.1, 0.15) is 17.3 Å². The zero-order chi connectivity index (χ0) is 10.7. The minimum absolute atomic E-state index is 0.234. The first kappa shape index (κ1) is 9.66. The van der Waals surface area contributed by atoms with Crippen molar-refractivity contribution in [2.45, 2.75) is 20.0 Å². The molecule has 7 nitrogen and oxygen atoms in total. The number of nitrogens with two attached hydrogens (primary N) is 1. The summed E-state index contributed by atoms with van der Waals surface area (Å²) in [5, 5.41) is 14.2. The summed E-state index contributed by atoms with van der Waals surface area (Å²) < 4.78 is 10.0. The Hall–Kier alpha value is -1.89. The van der Waals surface area contributed by atoms with Crippen LogP contribution >= 0.6 is 0 Å². The van der Waals surface area contributed by atoms with Gasteiger partial charge in [-0.25, -0.2) is 0 Å². The highest BCUT2D eigenvalue weighted by molar-refractivity contribution is 5.19. The lowest BCUT2D eigenvalue weighted by Gasteiger charge is -1.94. The van der Waals surface area contributed by atoms with Crippen molar-refractivity contribution in [1.29, 1.82) is 0 Å². The van der Waals surface area contributed by atoms with Crippen molar-refractivity contribution >= 4 is 6.01 Å². The maximum atomic E-state index is 5.32. The van der Waals surface area contributed by atoms with E-state index in [9.17, 15) is 0 Å². The fraction of sp³-hybridized carbons (Fsp3) is 0.375. The minimum Gasteiger partial charge on any atom is -0.407 e. The predicted octanol–water partition coefficient (Wildman–Crippen LogP) is 0.437. The maximum Gasteiger partial charge on any atom is 0.315 e. The second-order valence-corrected chi connectivity index (χ2v) is 2.99. The van der Waals surface area contributed by atoms with Gasteiger partial charge in [0.1, 0.15) is 11.5 Å². The van der Waals surface area contributed by atoms with Gasteiger partial charge < -0.3 is 20.0 Å². The molecule has 0 saturated carbocycles. The smallest absolute Gasteiger partial charge is 0.315 e. The van der Waals surface area contributed by atoms with Crippen molar-refractivity contribution < 1.29 is 8.94 Å². The van der Waals surface area contributed by atoms with Crippen LogP contribution in [0.25, 0.3) is 0 Å². The van der Waals surface area contributed by atoms with Gasteiger partial charge in [-0.3, -0.25) is 0 Å². The molecule has 80 valence electrons. The molecule has 0 radical (unpaired) electrons. The van der Waals surface area contributed by atoms with E-state index in [0.29, 0.717) is 18.5 Å². The predicted molar refractivity (Wildman–Crippen MR) is 50.8 cm³/mol. The lowest BCUT2D eigenvalue weighted by molar-refractivity contribution is 0.391. The van der Waals surface area contributed by atoms with Crippen LogP contribution in [0.15, 0.2) is 15.0 Å². The summed E-state index contributed by atoms with van der Waals surface area (Å²) in [6.07, 6.45) is 0. The first-order valence-corrected chi connectivity index (χ1v) is 4.46. The Kier molecular flexibility index (Phi) is 2.64. The van der Waals surface area contributed by atoms with Crippen LogP contribution in [-0.2, 0) is 13.1 Å². The van der Waals surface area contributed by atoms with Gasteiger partial charge in [-0.05, 0) is 6.92 Å². The molecule has 0 fully saturated rings. The molecule has 7 heteroatoms. The molecule has 0 unspecified atom stereocenters. The number of hydrogen-bond acceptors (Lipinski definition) is 7. The van der Waals surface area contributed by atoms with E-state index in [1.807, 2.05) is 13.0 Å². The molecule has 0 aliphatic heterocycles. The van der Waals surface area contributed by atoms with Crippen LogP contribution in [0.5, 0.6) is 0 Å². The van der Waals surface area contributed by atoms with Gasteiger partial charge in [0.05, 0.1) is 13.1 Å². The van der Waals surface area contributed by atoms with Crippen molar-refractivity contribution in [1.82, 2.24) is 15.4 Å². The van der Waals surface area contributed by atoms with Crippen molar-refractivity contribution in [3.8, 4) is 0 Å². The summed E-state index contributed by atoms with van der Waals surface area (Å²) in [5.41, 5.74) is 6.10. The molecule has 0 aliphatic rings. The Morgan fingerprint density at radius 2 is 2.33 bits per heavy atom. The van der Waals surface area contributed by atoms with Crippen molar-refractivity contribution in [2.75, 3.05) is 5.32 Å². The van der Waals surface area contributed by atoms with Crippen LogP contribution in [-0.4, -0.2) is 15.4 Å². The third kappa shape index (κ3) is 2.32. The molecule has 2 aromatic rings. The van der Waals surface area contributed by atoms with Crippen LogP contribution < -0.4 is 11.1 Å². The summed E-state index contributed by atoms with van der Waals surface area (Å²) in [6, 6.07) is 2.16. The van der Waals surface area contributed by atoms with Gasteiger partial charge in [-0.2, -0.15) is 0 Å². The fourth-order valence-electron chi connectivity index (χ4n) is 1.07. The summed E-state index contributed by atoms with van der Waals surface area (Å²) in [5.74, 6) is 1.16. The summed E-state index contributed by atoms with van der Waals surface area (Å²) in [4.78, 5) is 0. The van der Waals surface area contributed by atoms with E-state index in [1.165, 1.54) is 0 Å². The first-order valence-electron chi connectivity index (χ1n) is 4.46. The molecule has 0 aliphatic carbocycles. The van der Waals surface area contributed by atoms with Crippen molar-refractivity contribution in [3.05, 3.63) is 23.4 Å². The highest BCUT2D eigenvalue weighted by Gasteiger charge is 2.05. The van der Waals surface area contributed by atoms with E-state index in [0.717, 1.165) is 11.5 Å². The second-order valence-electron chi connectivity index (χ2n) is 2.99. The molecular formula is C8H11N5O2. The van der Waals surface area contributed by atoms with Gasteiger partial charge >= 0.3 is 6.01 Å². The van der Waals surface area contributed by atoms with E-state index >= 15 is 0 Å². The number of nitrogens with one attached hydrogen (secondary N) is 1. The zero-order valence-electron chi connectivity index (χ0n) is 8.23. The molecule has 0 amide bonds. The van der Waals surface area contributed by atoms with Gasteiger partial charge in [0.2, 0.25) is 5.89 Å². The SMILES string of the molecule is Cc1cc(CNc2nnc(CN)o2)no1. The third-order valence-corrected chi connectivity index (χ3v) is 1.74. The van der Waals surface area contributed by atoms with E-state index in [1.54, 1.807) is 0 Å². The lowest BCUT2D eigenvalue weighted by Crippen LogP contribution is -1.99. The molecule has 2 aromatic heterocycles. The Morgan fingerprint density at radius 3 is 2.93 bits per heavy atom. The monoisotopic (exact) mass is 209 g/mol. The number of hydrogen-bond donors (Lipinski definition) is 2. The first-order chi connectivity index (χ1) is 7.28. The average molecular weight is 209 g/mol. The van der Waals surface area contributed by atoms with E-state index in [2.05, 4.69) is 20.7 Å². The molecular weight excluding hydrogens is 198 g/mol. The van der Waals surface area contributed by atoms with Crippen LogP contribution in [0.2, 0.25) is 0 Å².